The minimum Gasteiger partial charge on any atom is -0.508 e. The first-order chi connectivity index (χ1) is 13.4. The average Bonchev–Trinajstić information content (AvgIpc) is 3.02. The maximum absolute atomic E-state index is 12.2. The van der Waals surface area contributed by atoms with Crippen LogP contribution in [0.3, 0.4) is 0 Å². The van der Waals surface area contributed by atoms with Gasteiger partial charge in [-0.15, -0.1) is 0 Å². The molecule has 1 saturated heterocycles. The van der Waals surface area contributed by atoms with Gasteiger partial charge in [0.15, 0.2) is 5.17 Å². The zero-order valence-corrected chi connectivity index (χ0v) is 15.3. The quantitative estimate of drug-likeness (QED) is 0.534. The first-order valence-electron chi connectivity index (χ1n) is 7.91. The molecule has 28 heavy (non-hydrogen) atoms. The number of methoxy groups -OCH3 is 1. The van der Waals surface area contributed by atoms with Crippen LogP contribution in [0, 0.1) is 0 Å². The lowest BCUT2D eigenvalue weighted by atomic mass is 10.1. The van der Waals surface area contributed by atoms with Crippen LogP contribution >= 0.6 is 11.8 Å². The van der Waals surface area contributed by atoms with Crippen LogP contribution in [0.2, 0.25) is 0 Å². The molecule has 0 unspecified atom stereocenters. The summed E-state index contributed by atoms with van der Waals surface area (Å²) in [6.07, 6.45) is 1.62. The summed E-state index contributed by atoms with van der Waals surface area (Å²) in [6.45, 7) is 0. The number of hydrogen-bond acceptors (Lipinski definition) is 7. The highest BCUT2D eigenvalue weighted by molar-refractivity contribution is 8.18. The van der Waals surface area contributed by atoms with Gasteiger partial charge >= 0.3 is 11.9 Å². The van der Waals surface area contributed by atoms with Gasteiger partial charge in [-0.1, -0.05) is 12.1 Å². The number of phenols is 1. The number of benzene rings is 2. The number of nitrogens with one attached hydrogen (secondary N) is 1. The Hall–Kier alpha value is -3.59. The van der Waals surface area contributed by atoms with Gasteiger partial charge in [0.1, 0.15) is 5.75 Å². The maximum atomic E-state index is 12.2. The summed E-state index contributed by atoms with van der Waals surface area (Å²) in [5.41, 5.74) is 1.02. The molecule has 2 aromatic rings. The number of carboxylic acids is 1. The molecule has 0 radical (unpaired) electrons. The van der Waals surface area contributed by atoms with Crippen LogP contribution in [-0.4, -0.2) is 40.3 Å². The fraction of sp³-hybridized carbons (Fsp3) is 0.0526. The Morgan fingerprint density at radius 1 is 1.18 bits per heavy atom. The van der Waals surface area contributed by atoms with E-state index >= 15 is 0 Å². The zero-order chi connectivity index (χ0) is 20.3. The van der Waals surface area contributed by atoms with Crippen LogP contribution < -0.4 is 5.32 Å². The summed E-state index contributed by atoms with van der Waals surface area (Å²) < 4.78 is 4.64. The van der Waals surface area contributed by atoms with Crippen molar-refractivity contribution in [1.82, 2.24) is 5.32 Å². The molecule has 3 rings (SSSR count). The SMILES string of the molecule is COC(=O)c1ccc(/C=C2\SC(=Nc3ccc(O)cc3C(=O)O)NC2=O)cc1. The van der Waals surface area contributed by atoms with Crippen LogP contribution in [0.1, 0.15) is 26.3 Å². The number of aromatic hydroxyl groups is 1. The van der Waals surface area contributed by atoms with Crippen LogP contribution in [0.15, 0.2) is 52.4 Å². The Morgan fingerprint density at radius 2 is 1.89 bits per heavy atom. The molecule has 9 heteroatoms. The number of nitrogens with zero attached hydrogens (tertiary/aromatic N) is 1. The second-order valence-corrected chi connectivity index (χ2v) is 6.63. The molecule has 0 bridgehead atoms. The summed E-state index contributed by atoms with van der Waals surface area (Å²) in [6, 6.07) is 10.3. The Kier molecular flexibility index (Phi) is 5.46. The van der Waals surface area contributed by atoms with E-state index in [2.05, 4.69) is 15.0 Å². The van der Waals surface area contributed by atoms with Gasteiger partial charge in [0.25, 0.3) is 5.91 Å². The molecule has 0 aromatic heterocycles. The maximum Gasteiger partial charge on any atom is 0.338 e. The first kappa shape index (κ1) is 19.2. The number of ether oxygens (including phenoxy) is 1. The molecular formula is C19H14N2O6S. The van der Waals surface area contributed by atoms with E-state index in [-0.39, 0.29) is 28.1 Å². The normalized spacial score (nSPS) is 16.2. The van der Waals surface area contributed by atoms with Crippen molar-refractivity contribution in [2.24, 2.45) is 4.99 Å². The van der Waals surface area contributed by atoms with Gasteiger partial charge < -0.3 is 20.3 Å². The number of carbonyl (C=O) groups is 3. The van der Waals surface area contributed by atoms with Crippen molar-refractivity contribution in [3.63, 3.8) is 0 Å². The van der Waals surface area contributed by atoms with Gasteiger partial charge in [-0.3, -0.25) is 4.79 Å². The second-order valence-electron chi connectivity index (χ2n) is 5.60. The summed E-state index contributed by atoms with van der Waals surface area (Å²) in [4.78, 5) is 39.4. The Balaban J connectivity index is 1.84. The van der Waals surface area contributed by atoms with E-state index in [1.807, 2.05) is 0 Å². The summed E-state index contributed by atoms with van der Waals surface area (Å²) in [5, 5.41) is 21.5. The van der Waals surface area contributed by atoms with Crippen molar-refractivity contribution in [2.45, 2.75) is 0 Å². The van der Waals surface area contributed by atoms with Crippen LogP contribution in [0.25, 0.3) is 6.08 Å². The third-order valence-electron chi connectivity index (χ3n) is 3.71. The Labute approximate surface area is 163 Å². The first-order valence-corrected chi connectivity index (χ1v) is 8.73. The molecule has 0 spiro atoms. The smallest absolute Gasteiger partial charge is 0.338 e. The molecule has 1 aliphatic rings. The summed E-state index contributed by atoms with van der Waals surface area (Å²) in [7, 11) is 1.29. The molecule has 142 valence electrons. The van der Waals surface area contributed by atoms with E-state index in [1.165, 1.54) is 19.2 Å². The predicted octanol–water partition coefficient (Wildman–Crippen LogP) is 2.77. The number of amidine groups is 1. The number of thioether (sulfide) groups is 1. The number of aromatic carboxylic acids is 1. The van der Waals surface area contributed by atoms with E-state index in [0.717, 1.165) is 17.8 Å². The van der Waals surface area contributed by atoms with Gasteiger partial charge in [-0.2, -0.15) is 0 Å². The number of esters is 1. The van der Waals surface area contributed by atoms with E-state index in [0.29, 0.717) is 16.0 Å². The fourth-order valence-electron chi connectivity index (χ4n) is 2.37. The molecule has 0 aliphatic carbocycles. The lowest BCUT2D eigenvalue weighted by Crippen LogP contribution is -2.19. The van der Waals surface area contributed by atoms with Crippen molar-refractivity contribution >= 4 is 46.5 Å². The zero-order valence-electron chi connectivity index (χ0n) is 14.5. The van der Waals surface area contributed by atoms with Crippen molar-refractivity contribution in [2.75, 3.05) is 7.11 Å². The number of amides is 1. The van der Waals surface area contributed by atoms with E-state index in [1.54, 1.807) is 30.3 Å². The highest BCUT2D eigenvalue weighted by Crippen LogP contribution is 2.30. The van der Waals surface area contributed by atoms with Crippen LogP contribution in [0.5, 0.6) is 5.75 Å². The number of carbonyl (C=O) groups excluding carboxylic acids is 2. The third kappa shape index (κ3) is 4.21. The van der Waals surface area contributed by atoms with Gasteiger partial charge in [0.2, 0.25) is 0 Å². The Bertz CT molecular complexity index is 1030. The molecule has 1 heterocycles. The van der Waals surface area contributed by atoms with Crippen LogP contribution in [-0.2, 0) is 9.53 Å². The predicted molar refractivity (Wildman–Crippen MR) is 104 cm³/mol. The number of rotatable bonds is 4. The molecule has 1 fully saturated rings. The largest absolute Gasteiger partial charge is 0.508 e. The number of phenolic OH excluding ortho intramolecular Hbond substituents is 1. The third-order valence-corrected chi connectivity index (χ3v) is 4.62. The second kappa shape index (κ2) is 7.97. The monoisotopic (exact) mass is 398 g/mol. The minimum absolute atomic E-state index is 0.108. The van der Waals surface area contributed by atoms with Gasteiger partial charge in [-0.05, 0) is 53.7 Å². The molecule has 3 N–H and O–H groups in total. The van der Waals surface area contributed by atoms with Gasteiger partial charge in [0.05, 0.1) is 28.8 Å². The van der Waals surface area contributed by atoms with E-state index in [9.17, 15) is 24.6 Å². The molecule has 8 nitrogen and oxygen atoms in total. The molecule has 2 aromatic carbocycles. The van der Waals surface area contributed by atoms with E-state index < -0.39 is 11.9 Å². The number of carboxylic acid groups (broad SMARTS) is 1. The molecular weight excluding hydrogens is 384 g/mol. The van der Waals surface area contributed by atoms with Crippen molar-refractivity contribution in [3.05, 3.63) is 64.1 Å². The molecule has 1 amide bonds. The van der Waals surface area contributed by atoms with Crippen LogP contribution in [0.4, 0.5) is 5.69 Å². The Morgan fingerprint density at radius 3 is 2.54 bits per heavy atom. The topological polar surface area (TPSA) is 125 Å². The highest BCUT2D eigenvalue weighted by Gasteiger charge is 2.24. The summed E-state index contributed by atoms with van der Waals surface area (Å²) >= 11 is 1.05. The van der Waals surface area contributed by atoms with Gasteiger partial charge in [-0.25, -0.2) is 14.6 Å². The average molecular weight is 398 g/mol. The molecule has 0 saturated carbocycles. The highest BCUT2D eigenvalue weighted by atomic mass is 32.2. The molecule has 1 aliphatic heterocycles. The lowest BCUT2D eigenvalue weighted by molar-refractivity contribution is -0.115. The van der Waals surface area contributed by atoms with Gasteiger partial charge in [0, 0.05) is 0 Å². The standard InChI is InChI=1S/C19H14N2O6S/c1-27-18(26)11-4-2-10(3-5-11)8-15-16(23)21-19(28-15)20-14-7-6-12(22)9-13(14)17(24)25/h2-9,22H,1H3,(H,24,25)(H,20,21,23)/b15-8-. The number of aliphatic imine (C=N–C) groups is 1. The minimum atomic E-state index is -1.24. The number of hydrogen-bond donors (Lipinski definition) is 3. The lowest BCUT2D eigenvalue weighted by Gasteiger charge is -2.02. The fourth-order valence-corrected chi connectivity index (χ4v) is 3.20. The van der Waals surface area contributed by atoms with Crippen molar-refractivity contribution in [1.29, 1.82) is 0 Å². The molecule has 0 atom stereocenters. The van der Waals surface area contributed by atoms with Crippen molar-refractivity contribution in [3.8, 4) is 5.75 Å². The van der Waals surface area contributed by atoms with E-state index in [4.69, 9.17) is 0 Å². The van der Waals surface area contributed by atoms with Crippen molar-refractivity contribution < 1.29 is 29.3 Å². The summed E-state index contributed by atoms with van der Waals surface area (Å²) in [5.74, 6) is -2.27.